The molecule has 0 radical (unpaired) electrons. The number of hydrogen-bond acceptors (Lipinski definition) is 7. The molecule has 0 saturated carbocycles. The van der Waals surface area contributed by atoms with Crippen LogP contribution in [-0.4, -0.2) is 57.3 Å². The highest BCUT2D eigenvalue weighted by Crippen LogP contribution is 2.31. The summed E-state index contributed by atoms with van der Waals surface area (Å²) in [5.74, 6) is 1.27. The van der Waals surface area contributed by atoms with Crippen molar-refractivity contribution in [1.82, 2.24) is 24.6 Å². The summed E-state index contributed by atoms with van der Waals surface area (Å²) in [4.78, 5) is 23.5. The van der Waals surface area contributed by atoms with Crippen molar-refractivity contribution >= 4 is 17.1 Å². The van der Waals surface area contributed by atoms with Gasteiger partial charge in [-0.3, -0.25) is 9.36 Å². The van der Waals surface area contributed by atoms with Gasteiger partial charge in [0.2, 0.25) is 5.91 Å². The van der Waals surface area contributed by atoms with E-state index in [4.69, 9.17) is 24.0 Å². The third kappa shape index (κ3) is 4.44. The number of pyridine rings is 1. The van der Waals surface area contributed by atoms with E-state index in [0.29, 0.717) is 49.5 Å². The zero-order chi connectivity index (χ0) is 25.4. The second-order valence-electron chi connectivity index (χ2n) is 8.92. The van der Waals surface area contributed by atoms with E-state index in [-0.39, 0.29) is 11.7 Å². The average molecular weight is 494 g/mol. The molecule has 0 bridgehead atoms. The maximum Gasteiger partial charge on any atom is 0.219 e. The number of ether oxygens (including phenoxy) is 2. The van der Waals surface area contributed by atoms with Crippen molar-refractivity contribution in [3.05, 3.63) is 59.1 Å². The molecule has 0 aliphatic carbocycles. The molecule has 1 unspecified atom stereocenters. The number of aromatic nitrogens is 4. The first kappa shape index (κ1) is 23.9. The minimum absolute atomic E-state index is 0.00312. The maximum atomic E-state index is 14.3. The van der Waals surface area contributed by atoms with E-state index >= 15 is 0 Å². The van der Waals surface area contributed by atoms with E-state index < -0.39 is 12.0 Å². The van der Waals surface area contributed by atoms with Crippen molar-refractivity contribution in [2.24, 2.45) is 0 Å². The highest BCUT2D eigenvalue weighted by atomic mass is 19.1. The van der Waals surface area contributed by atoms with Crippen molar-refractivity contribution in [3.63, 3.8) is 0 Å². The van der Waals surface area contributed by atoms with E-state index in [0.717, 1.165) is 28.2 Å². The van der Waals surface area contributed by atoms with Crippen LogP contribution >= 0.6 is 0 Å². The summed E-state index contributed by atoms with van der Waals surface area (Å²) in [7, 11) is 1.44. The normalized spacial score (nSPS) is 16.0. The summed E-state index contributed by atoms with van der Waals surface area (Å²) < 4.78 is 32.7. The van der Waals surface area contributed by atoms with Crippen LogP contribution in [0.25, 0.3) is 22.3 Å². The molecule has 1 atom stereocenters. The van der Waals surface area contributed by atoms with Gasteiger partial charge in [-0.25, -0.2) is 14.4 Å². The fourth-order valence-electron chi connectivity index (χ4n) is 4.73. The van der Waals surface area contributed by atoms with Crippen LogP contribution in [0.4, 0.5) is 4.39 Å². The number of carbonyl (C=O) groups is 1. The minimum Gasteiger partial charge on any atom is -0.494 e. The second kappa shape index (κ2) is 9.69. The number of carbonyl (C=O) groups excluding carboxylic acids is 1. The lowest BCUT2D eigenvalue weighted by atomic mass is 10.1. The van der Waals surface area contributed by atoms with Gasteiger partial charge >= 0.3 is 0 Å². The quantitative estimate of drug-likeness (QED) is 0.400. The van der Waals surface area contributed by atoms with Gasteiger partial charge in [0.25, 0.3) is 0 Å². The molecule has 1 aliphatic rings. The summed E-state index contributed by atoms with van der Waals surface area (Å²) in [5, 5.41) is 4.05. The van der Waals surface area contributed by atoms with Crippen LogP contribution in [0.2, 0.25) is 0 Å². The summed E-state index contributed by atoms with van der Waals surface area (Å²) >= 11 is 0. The molecule has 3 aromatic heterocycles. The highest BCUT2D eigenvalue weighted by Gasteiger charge is 2.28. The van der Waals surface area contributed by atoms with Crippen LogP contribution in [-0.2, 0) is 22.4 Å². The average Bonchev–Trinajstić information content (AvgIpc) is 3.41. The van der Waals surface area contributed by atoms with Crippen molar-refractivity contribution in [1.29, 1.82) is 0 Å². The summed E-state index contributed by atoms with van der Waals surface area (Å²) in [5.41, 5.74) is 4.73. The number of halogens is 1. The smallest absolute Gasteiger partial charge is 0.219 e. The molecule has 0 N–H and O–H groups in total. The number of hydrogen-bond donors (Lipinski definition) is 0. The zero-order valence-electron chi connectivity index (χ0n) is 20.7. The molecule has 4 heterocycles. The molecule has 1 aromatic carbocycles. The summed E-state index contributed by atoms with van der Waals surface area (Å²) in [6.45, 7) is 6.68. The van der Waals surface area contributed by atoms with Gasteiger partial charge < -0.3 is 18.9 Å². The number of rotatable bonds is 6. The molecule has 1 fully saturated rings. The Morgan fingerprint density at radius 3 is 2.78 bits per heavy atom. The molecular formula is C26H28FN5O4. The fraction of sp³-hybridized carbons (Fsp3) is 0.385. The summed E-state index contributed by atoms with van der Waals surface area (Å²) in [6.07, 6.45) is 2.45. The Morgan fingerprint density at radius 2 is 2.08 bits per heavy atom. The Labute approximate surface area is 207 Å². The Hall–Kier alpha value is -3.79. The first-order valence-electron chi connectivity index (χ1n) is 11.9. The largest absolute Gasteiger partial charge is 0.494 e. The predicted molar refractivity (Wildman–Crippen MR) is 130 cm³/mol. The third-order valence-electron chi connectivity index (χ3n) is 6.56. The molecule has 10 heteroatoms. The standard InChI is InChI=1S/C26H28FN5O4/c1-15-25(16(2)36-30-15)19-12-21-26(28-13-19)32(24-14-31(17(3)33)9-10-35-24)23(29-21)8-6-18-5-7-22(34-4)20(27)11-18/h5,7,11-13,24H,6,8-10,14H2,1-4H3. The lowest BCUT2D eigenvalue weighted by Crippen LogP contribution is -2.43. The zero-order valence-corrected chi connectivity index (χ0v) is 20.7. The molecular weight excluding hydrogens is 465 g/mol. The van der Waals surface area contributed by atoms with Gasteiger partial charge in [-0.2, -0.15) is 0 Å². The van der Waals surface area contributed by atoms with E-state index in [1.165, 1.54) is 13.2 Å². The molecule has 1 amide bonds. The maximum absolute atomic E-state index is 14.3. The molecule has 5 rings (SSSR count). The van der Waals surface area contributed by atoms with E-state index in [9.17, 15) is 9.18 Å². The van der Waals surface area contributed by atoms with Gasteiger partial charge in [-0.15, -0.1) is 0 Å². The van der Waals surface area contributed by atoms with E-state index in [2.05, 4.69) is 5.16 Å². The van der Waals surface area contributed by atoms with Crippen molar-refractivity contribution in [3.8, 4) is 16.9 Å². The molecule has 36 heavy (non-hydrogen) atoms. The van der Waals surface area contributed by atoms with Crippen molar-refractivity contribution < 1.29 is 23.2 Å². The van der Waals surface area contributed by atoms with Crippen LogP contribution in [0, 0.1) is 19.7 Å². The number of morpholine rings is 1. The molecule has 9 nitrogen and oxygen atoms in total. The first-order chi connectivity index (χ1) is 17.4. The SMILES string of the molecule is COc1ccc(CCc2nc3cc(-c4c(C)noc4C)cnc3n2C2CN(C(C)=O)CCO2)cc1F. The molecule has 188 valence electrons. The Balaban J connectivity index is 1.54. The van der Waals surface area contributed by atoms with Gasteiger partial charge in [0, 0.05) is 37.2 Å². The van der Waals surface area contributed by atoms with E-state index in [1.54, 1.807) is 24.1 Å². The van der Waals surface area contributed by atoms with Crippen molar-refractivity contribution in [2.75, 3.05) is 26.8 Å². The number of amides is 1. The third-order valence-corrected chi connectivity index (χ3v) is 6.56. The minimum atomic E-state index is -0.423. The van der Waals surface area contributed by atoms with Crippen molar-refractivity contribution in [2.45, 2.75) is 39.8 Å². The number of nitrogens with zero attached hydrogens (tertiary/aromatic N) is 5. The lowest BCUT2D eigenvalue weighted by Gasteiger charge is -2.33. The van der Waals surface area contributed by atoms with Crippen LogP contribution < -0.4 is 4.74 Å². The number of fused-ring (bicyclic) bond motifs is 1. The topological polar surface area (TPSA) is 95.5 Å². The number of imidazole rings is 1. The highest BCUT2D eigenvalue weighted by molar-refractivity contribution is 5.80. The monoisotopic (exact) mass is 493 g/mol. The number of aryl methyl sites for hydroxylation is 4. The number of benzene rings is 1. The fourth-order valence-corrected chi connectivity index (χ4v) is 4.73. The van der Waals surface area contributed by atoms with Gasteiger partial charge in [0.15, 0.2) is 23.4 Å². The molecule has 4 aromatic rings. The first-order valence-corrected chi connectivity index (χ1v) is 11.9. The predicted octanol–water partition coefficient (Wildman–Crippen LogP) is 4.01. The summed E-state index contributed by atoms with van der Waals surface area (Å²) in [6, 6.07) is 6.92. The molecule has 1 aliphatic heterocycles. The lowest BCUT2D eigenvalue weighted by molar-refractivity contribution is -0.140. The molecule has 1 saturated heterocycles. The van der Waals surface area contributed by atoms with Gasteiger partial charge in [-0.05, 0) is 44.0 Å². The Kier molecular flexibility index (Phi) is 6.44. The van der Waals surface area contributed by atoms with Gasteiger partial charge in [-0.1, -0.05) is 11.2 Å². The second-order valence-corrected chi connectivity index (χ2v) is 8.92. The van der Waals surface area contributed by atoms with Crippen LogP contribution in [0.1, 0.15) is 36.0 Å². The van der Waals surface area contributed by atoms with Crippen LogP contribution in [0.5, 0.6) is 5.75 Å². The Bertz CT molecular complexity index is 1410. The Morgan fingerprint density at radius 1 is 1.25 bits per heavy atom. The van der Waals surface area contributed by atoms with Gasteiger partial charge in [0.1, 0.15) is 17.1 Å². The van der Waals surface area contributed by atoms with E-state index in [1.807, 2.05) is 30.5 Å². The molecule has 0 spiro atoms. The number of methoxy groups -OCH3 is 1. The van der Waals surface area contributed by atoms with Gasteiger partial charge in [0.05, 0.1) is 26.0 Å². The van der Waals surface area contributed by atoms with Crippen LogP contribution in [0.3, 0.4) is 0 Å². The van der Waals surface area contributed by atoms with Crippen LogP contribution in [0.15, 0.2) is 35.0 Å².